The fourth-order valence-electron chi connectivity index (χ4n) is 0.363. The van der Waals surface area contributed by atoms with Crippen molar-refractivity contribution in [1.29, 1.82) is 0 Å². The van der Waals surface area contributed by atoms with Gasteiger partial charge < -0.3 is 27.6 Å². The SMILES string of the molecule is CC(=O)SCCC(=O)O.CC(=O)[S-].O=C(O)CCCl.[2H]CF.[K+]. The minimum absolute atomic E-state index is 0. The van der Waals surface area contributed by atoms with Crippen molar-refractivity contribution in [2.75, 3.05) is 18.8 Å². The molecule has 0 amide bonds. The van der Waals surface area contributed by atoms with E-state index in [1.165, 1.54) is 13.8 Å². The van der Waals surface area contributed by atoms with Crippen LogP contribution >= 0.6 is 23.4 Å². The van der Waals surface area contributed by atoms with Crippen molar-refractivity contribution < 1.29 is 86.5 Å². The summed E-state index contributed by atoms with van der Waals surface area (Å²) in [6.45, 7) is 2.77. The molecule has 0 bridgehead atoms. The Hall–Kier alpha value is 0.706. The van der Waals surface area contributed by atoms with Crippen molar-refractivity contribution in [2.24, 2.45) is 0 Å². The monoisotopic (exact) mass is 405 g/mol. The molecule has 0 spiro atoms. The van der Waals surface area contributed by atoms with Gasteiger partial charge in [0, 0.05) is 23.7 Å². The number of alkyl halides is 2. The van der Waals surface area contributed by atoms with Gasteiger partial charge in [0.2, 0.25) is 0 Å². The number of hydrogen-bond donors (Lipinski definition) is 2. The van der Waals surface area contributed by atoms with E-state index in [0.717, 1.165) is 11.8 Å². The zero-order chi connectivity index (χ0) is 18.6. The molecule has 0 aliphatic heterocycles. The van der Waals surface area contributed by atoms with Crippen LogP contribution in [0.4, 0.5) is 4.39 Å². The summed E-state index contributed by atoms with van der Waals surface area (Å²) in [7, 11) is -1.00. The zero-order valence-electron chi connectivity index (χ0n) is 13.6. The average molecular weight is 406 g/mol. The average Bonchev–Trinajstić information content (AvgIpc) is 2.28. The summed E-state index contributed by atoms with van der Waals surface area (Å²) in [4.78, 5) is 38.8. The molecule has 0 saturated carbocycles. The Morgan fingerprint density at radius 2 is 1.50 bits per heavy atom. The molecule has 0 fully saturated rings. The summed E-state index contributed by atoms with van der Waals surface area (Å²) in [5.41, 5.74) is 0. The number of aliphatic carboxylic acids is 2. The number of carboxylic acid groups (broad SMARTS) is 2. The molecule has 0 aliphatic rings. The van der Waals surface area contributed by atoms with Crippen LogP contribution in [0.25, 0.3) is 0 Å². The molecule has 0 radical (unpaired) electrons. The van der Waals surface area contributed by atoms with Crippen LogP contribution in [0.15, 0.2) is 0 Å². The number of rotatable bonds is 5. The van der Waals surface area contributed by atoms with Gasteiger partial charge in [-0.15, -0.1) is 11.6 Å². The second-order valence-corrected chi connectivity index (χ2v) is 5.03. The zero-order valence-corrected chi connectivity index (χ0v) is 18.1. The van der Waals surface area contributed by atoms with Crippen molar-refractivity contribution in [1.82, 2.24) is 0 Å². The smallest absolute Gasteiger partial charge is 0.742 e. The minimum atomic E-state index is -1.00. The molecular weight excluding hydrogens is 386 g/mol. The van der Waals surface area contributed by atoms with Crippen LogP contribution in [0, 0.1) is 0 Å². The molecule has 0 rings (SSSR count). The Morgan fingerprint density at radius 3 is 1.64 bits per heavy atom. The Labute approximate surface area is 188 Å². The largest absolute Gasteiger partial charge is 1.00 e. The predicted molar refractivity (Wildman–Crippen MR) is 83.4 cm³/mol. The molecular formula is C11H19ClFKO6S2. The summed E-state index contributed by atoms with van der Waals surface area (Å²) < 4.78 is 15.5. The Balaban J connectivity index is -0.0000000674. The number of halogens is 2. The van der Waals surface area contributed by atoms with Gasteiger partial charge in [0.15, 0.2) is 5.12 Å². The first-order chi connectivity index (χ1) is 10.0. The van der Waals surface area contributed by atoms with Crippen LogP contribution in [-0.2, 0) is 31.8 Å². The minimum Gasteiger partial charge on any atom is -0.742 e. The van der Waals surface area contributed by atoms with Crippen LogP contribution in [0.3, 0.4) is 0 Å². The van der Waals surface area contributed by atoms with Gasteiger partial charge in [-0.25, -0.2) is 0 Å². The summed E-state index contributed by atoms with van der Waals surface area (Å²) in [5, 5.41) is 15.6. The molecule has 0 aliphatic carbocycles. The molecule has 0 aromatic rings. The number of carbonyl (C=O) groups is 4. The van der Waals surface area contributed by atoms with E-state index in [0.29, 0.717) is 5.75 Å². The second-order valence-electron chi connectivity index (χ2n) is 2.81. The second kappa shape index (κ2) is 29.7. The van der Waals surface area contributed by atoms with Gasteiger partial charge in [0.05, 0.1) is 21.4 Å². The van der Waals surface area contributed by atoms with Crippen molar-refractivity contribution in [3.05, 3.63) is 0 Å². The van der Waals surface area contributed by atoms with E-state index in [9.17, 15) is 23.6 Å². The molecule has 0 unspecified atom stereocenters. The number of carboxylic acids is 2. The maximum absolute atomic E-state index is 10.2. The van der Waals surface area contributed by atoms with E-state index in [1.54, 1.807) is 0 Å². The van der Waals surface area contributed by atoms with Crippen LogP contribution in [0.5, 0.6) is 0 Å². The standard InChI is InChI=1S/C5H8O3S.C3H5ClO2.C2H4OS.CH3F.K/c1-4(6)9-3-2-5(7)8;4-2-1-3(5)6;1-2(3)4;1-2;/h2-3H2,1H3,(H,7,8);1-2H2,(H,5,6);1H3,(H,3,4);1H3;/q;;;;+1/p-1/i;;;1D;. The third-order valence-corrected chi connectivity index (χ3v) is 1.93. The first-order valence-corrected chi connectivity index (χ1v) is 7.13. The van der Waals surface area contributed by atoms with Gasteiger partial charge in [0.25, 0.3) is 0 Å². The fourth-order valence-corrected chi connectivity index (χ4v) is 1.09. The predicted octanol–water partition coefficient (Wildman–Crippen LogP) is -0.890. The molecule has 0 aromatic carbocycles. The van der Waals surface area contributed by atoms with Gasteiger partial charge in [-0.3, -0.25) is 18.8 Å². The molecule has 11 heteroatoms. The van der Waals surface area contributed by atoms with Crippen LogP contribution in [-0.4, -0.2) is 51.2 Å². The number of thioether (sulfide) groups is 1. The van der Waals surface area contributed by atoms with Crippen molar-refractivity contribution in [3.8, 4) is 0 Å². The first-order valence-electron chi connectivity index (χ1n) is 5.91. The Bertz CT molecular complexity index is 309. The maximum atomic E-state index is 10.2. The van der Waals surface area contributed by atoms with Crippen molar-refractivity contribution in [3.63, 3.8) is 0 Å². The maximum Gasteiger partial charge on any atom is 1.00 e. The van der Waals surface area contributed by atoms with Crippen LogP contribution < -0.4 is 51.4 Å². The van der Waals surface area contributed by atoms with E-state index >= 15 is 0 Å². The Kier molecular flexibility index (Phi) is 41.3. The third kappa shape index (κ3) is 85.4. The van der Waals surface area contributed by atoms with Gasteiger partial charge in [-0.05, 0) is 6.92 Å². The fraction of sp³-hybridized carbons (Fsp3) is 0.636. The van der Waals surface area contributed by atoms with Crippen LogP contribution in [0.2, 0.25) is 0 Å². The number of carbonyl (C=O) groups excluding carboxylic acids is 2. The molecule has 0 atom stereocenters. The van der Waals surface area contributed by atoms with Gasteiger partial charge in [-0.2, -0.15) is 0 Å². The van der Waals surface area contributed by atoms with Crippen molar-refractivity contribution >= 4 is 58.2 Å². The summed E-state index contributed by atoms with van der Waals surface area (Å²) >= 11 is 10.0. The van der Waals surface area contributed by atoms with Crippen LogP contribution in [0.1, 0.15) is 28.1 Å². The van der Waals surface area contributed by atoms with E-state index in [-0.39, 0.29) is 80.3 Å². The molecule has 126 valence electrons. The molecule has 2 N–H and O–H groups in total. The summed E-state index contributed by atoms with van der Waals surface area (Å²) in [6.07, 6.45) is 0.117. The topological polar surface area (TPSA) is 109 Å². The molecule has 0 heterocycles. The normalized spacial score (nSPS) is 7.91. The molecule has 0 aromatic heterocycles. The van der Waals surface area contributed by atoms with Gasteiger partial charge in [0.1, 0.15) is 0 Å². The van der Waals surface area contributed by atoms with E-state index < -0.39 is 19.1 Å². The first kappa shape index (κ1) is 30.6. The van der Waals surface area contributed by atoms with Crippen molar-refractivity contribution in [2.45, 2.75) is 26.7 Å². The quantitative estimate of drug-likeness (QED) is 0.344. The molecule has 6 nitrogen and oxygen atoms in total. The third-order valence-electron chi connectivity index (χ3n) is 0.930. The molecule has 0 saturated heterocycles. The van der Waals surface area contributed by atoms with Gasteiger partial charge >= 0.3 is 63.3 Å². The molecule has 22 heavy (non-hydrogen) atoms. The van der Waals surface area contributed by atoms with E-state index in [2.05, 4.69) is 12.6 Å². The Morgan fingerprint density at radius 1 is 1.18 bits per heavy atom. The van der Waals surface area contributed by atoms with E-state index in [1.807, 2.05) is 0 Å². The number of hydrogen-bond acceptors (Lipinski definition) is 6. The summed E-state index contributed by atoms with van der Waals surface area (Å²) in [6, 6.07) is 0. The van der Waals surface area contributed by atoms with E-state index in [4.69, 9.17) is 23.2 Å². The summed E-state index contributed by atoms with van der Waals surface area (Å²) in [5.74, 6) is -1.12. The van der Waals surface area contributed by atoms with Gasteiger partial charge in [-0.1, -0.05) is 11.8 Å².